The smallest absolute Gasteiger partial charge is 0.341 e. The first-order chi connectivity index (χ1) is 15.8. The van der Waals surface area contributed by atoms with Gasteiger partial charge in [0.1, 0.15) is 17.1 Å². The summed E-state index contributed by atoms with van der Waals surface area (Å²) in [6, 6.07) is 8.51. The number of rotatable bonds is 8. The third-order valence-electron chi connectivity index (χ3n) is 4.77. The summed E-state index contributed by atoms with van der Waals surface area (Å²) in [6.07, 6.45) is 0. The highest BCUT2D eigenvalue weighted by molar-refractivity contribution is 7.89. The van der Waals surface area contributed by atoms with Crippen LogP contribution in [0.4, 0.5) is 5.69 Å². The number of carbonyl (C=O) groups excluding carboxylic acids is 2. The minimum atomic E-state index is -3.77. The van der Waals surface area contributed by atoms with Gasteiger partial charge in [-0.15, -0.1) is 0 Å². The molecule has 0 saturated carbocycles. The van der Waals surface area contributed by atoms with Gasteiger partial charge in [-0.05, 0) is 30.3 Å². The quantitative estimate of drug-likeness (QED) is 0.550. The Kier molecular flexibility index (Phi) is 8.14. The van der Waals surface area contributed by atoms with Crippen LogP contribution in [-0.4, -0.2) is 71.7 Å². The van der Waals surface area contributed by atoms with Gasteiger partial charge in [-0.3, -0.25) is 4.79 Å². The second kappa shape index (κ2) is 10.8. The largest absolute Gasteiger partial charge is 0.497 e. The number of ether oxygens (including phenoxy) is 4. The van der Waals surface area contributed by atoms with Crippen molar-refractivity contribution in [1.29, 1.82) is 0 Å². The van der Waals surface area contributed by atoms with Gasteiger partial charge in [0.25, 0.3) is 5.91 Å². The number of hydrogen-bond donors (Lipinski definition) is 1. The van der Waals surface area contributed by atoms with Gasteiger partial charge < -0.3 is 24.3 Å². The molecule has 1 aliphatic heterocycles. The lowest BCUT2D eigenvalue weighted by Crippen LogP contribution is -2.40. The number of nitrogens with one attached hydrogen (secondary N) is 1. The van der Waals surface area contributed by atoms with Crippen molar-refractivity contribution in [1.82, 2.24) is 4.31 Å². The molecule has 1 saturated heterocycles. The van der Waals surface area contributed by atoms with Crippen LogP contribution in [-0.2, 0) is 24.3 Å². The van der Waals surface area contributed by atoms with E-state index in [0.717, 1.165) is 0 Å². The van der Waals surface area contributed by atoms with E-state index in [1.54, 1.807) is 6.07 Å². The summed E-state index contributed by atoms with van der Waals surface area (Å²) in [5.41, 5.74) is 0.223. The van der Waals surface area contributed by atoms with Gasteiger partial charge in [0.2, 0.25) is 10.0 Å². The van der Waals surface area contributed by atoms with Crippen molar-refractivity contribution in [3.8, 4) is 11.5 Å². The number of nitrogens with zero attached hydrogens (tertiary/aromatic N) is 1. The SMILES string of the molecule is COC(=O)c1ccc(OC)cc1OCC(=O)Nc1cc(S(=O)(=O)N2CCOCC2)ccc1Cl. The van der Waals surface area contributed by atoms with E-state index in [1.807, 2.05) is 0 Å². The Morgan fingerprint density at radius 3 is 2.52 bits per heavy atom. The summed E-state index contributed by atoms with van der Waals surface area (Å²) in [4.78, 5) is 24.4. The van der Waals surface area contributed by atoms with Crippen LogP contribution in [0, 0.1) is 0 Å². The molecule has 0 aromatic heterocycles. The van der Waals surface area contributed by atoms with Crippen molar-refractivity contribution in [3.63, 3.8) is 0 Å². The molecular weight excluding hydrogens is 476 g/mol. The molecule has 10 nitrogen and oxygen atoms in total. The lowest BCUT2D eigenvalue weighted by atomic mass is 10.2. The van der Waals surface area contributed by atoms with Crippen LogP contribution in [0.15, 0.2) is 41.3 Å². The summed E-state index contributed by atoms with van der Waals surface area (Å²) < 4.78 is 47.6. The topological polar surface area (TPSA) is 120 Å². The molecule has 1 fully saturated rings. The molecule has 2 aromatic rings. The van der Waals surface area contributed by atoms with Crippen molar-refractivity contribution >= 4 is 39.2 Å². The molecule has 12 heteroatoms. The summed E-state index contributed by atoms with van der Waals surface area (Å²) >= 11 is 6.16. The van der Waals surface area contributed by atoms with Crippen molar-refractivity contribution in [2.45, 2.75) is 4.90 Å². The molecule has 1 aliphatic rings. The minimum absolute atomic E-state index is 0.00853. The molecule has 0 atom stereocenters. The number of esters is 1. The molecule has 0 bridgehead atoms. The molecule has 178 valence electrons. The van der Waals surface area contributed by atoms with Gasteiger partial charge in [0.15, 0.2) is 6.61 Å². The molecule has 0 spiro atoms. The number of amides is 1. The fourth-order valence-corrected chi connectivity index (χ4v) is 4.65. The van der Waals surface area contributed by atoms with Gasteiger partial charge >= 0.3 is 5.97 Å². The van der Waals surface area contributed by atoms with Crippen LogP contribution in [0.25, 0.3) is 0 Å². The average Bonchev–Trinajstić information content (AvgIpc) is 2.83. The summed E-state index contributed by atoms with van der Waals surface area (Å²) in [5.74, 6) is -0.748. The highest BCUT2D eigenvalue weighted by atomic mass is 35.5. The molecular formula is C21H23ClN2O8S. The first-order valence-corrected chi connectivity index (χ1v) is 11.6. The van der Waals surface area contributed by atoms with Crippen LogP contribution in [0.1, 0.15) is 10.4 Å². The average molecular weight is 499 g/mol. The number of sulfonamides is 1. The van der Waals surface area contributed by atoms with Gasteiger partial charge in [0.05, 0.1) is 43.0 Å². The fourth-order valence-electron chi connectivity index (χ4n) is 3.05. The molecule has 1 heterocycles. The Bertz CT molecular complexity index is 1130. The zero-order valence-electron chi connectivity index (χ0n) is 18.0. The number of carbonyl (C=O) groups is 2. The second-order valence-electron chi connectivity index (χ2n) is 6.85. The molecule has 3 rings (SSSR count). The highest BCUT2D eigenvalue weighted by Gasteiger charge is 2.27. The zero-order chi connectivity index (χ0) is 24.0. The van der Waals surface area contributed by atoms with Crippen molar-refractivity contribution in [3.05, 3.63) is 47.0 Å². The number of hydrogen-bond acceptors (Lipinski definition) is 8. The Morgan fingerprint density at radius 1 is 1.12 bits per heavy atom. The maximum absolute atomic E-state index is 12.9. The first-order valence-electron chi connectivity index (χ1n) is 9.82. The maximum Gasteiger partial charge on any atom is 0.341 e. The van der Waals surface area contributed by atoms with E-state index < -0.39 is 28.5 Å². The van der Waals surface area contributed by atoms with E-state index >= 15 is 0 Å². The molecule has 0 aliphatic carbocycles. The predicted molar refractivity (Wildman–Crippen MR) is 119 cm³/mol. The zero-order valence-corrected chi connectivity index (χ0v) is 19.6. The monoisotopic (exact) mass is 498 g/mol. The molecule has 0 radical (unpaired) electrons. The van der Waals surface area contributed by atoms with Crippen LogP contribution in [0.3, 0.4) is 0 Å². The van der Waals surface area contributed by atoms with Gasteiger partial charge in [-0.1, -0.05) is 11.6 Å². The minimum Gasteiger partial charge on any atom is -0.497 e. The molecule has 1 N–H and O–H groups in total. The Hall–Kier alpha value is -2.86. The normalized spacial score (nSPS) is 14.4. The van der Waals surface area contributed by atoms with Crippen LogP contribution < -0.4 is 14.8 Å². The fraction of sp³-hybridized carbons (Fsp3) is 0.333. The number of anilines is 1. The Labute approximate surface area is 196 Å². The number of methoxy groups -OCH3 is 2. The van der Waals surface area contributed by atoms with E-state index in [9.17, 15) is 18.0 Å². The van der Waals surface area contributed by atoms with Crippen molar-refractivity contribution in [2.75, 3.05) is 52.4 Å². The van der Waals surface area contributed by atoms with E-state index in [-0.39, 0.29) is 40.0 Å². The molecule has 2 aromatic carbocycles. The van der Waals surface area contributed by atoms with Gasteiger partial charge in [-0.2, -0.15) is 4.31 Å². The van der Waals surface area contributed by atoms with E-state index in [0.29, 0.717) is 19.0 Å². The van der Waals surface area contributed by atoms with Crippen LogP contribution >= 0.6 is 11.6 Å². The Balaban J connectivity index is 1.74. The number of morpholine rings is 1. The highest BCUT2D eigenvalue weighted by Crippen LogP contribution is 2.28. The summed E-state index contributed by atoms with van der Waals surface area (Å²) in [6.45, 7) is 0.623. The molecule has 0 unspecified atom stereocenters. The number of benzene rings is 2. The predicted octanol–water partition coefficient (Wildman–Crippen LogP) is 2.17. The maximum atomic E-state index is 12.9. The third-order valence-corrected chi connectivity index (χ3v) is 7.00. The number of halogens is 1. The summed E-state index contributed by atoms with van der Waals surface area (Å²) in [5, 5.41) is 2.69. The van der Waals surface area contributed by atoms with Crippen LogP contribution in [0.2, 0.25) is 5.02 Å². The lowest BCUT2D eigenvalue weighted by Gasteiger charge is -2.26. The van der Waals surface area contributed by atoms with Crippen LogP contribution in [0.5, 0.6) is 11.5 Å². The second-order valence-corrected chi connectivity index (χ2v) is 9.19. The Morgan fingerprint density at radius 2 is 1.85 bits per heavy atom. The van der Waals surface area contributed by atoms with E-state index in [2.05, 4.69) is 5.32 Å². The van der Waals surface area contributed by atoms with E-state index in [4.69, 9.17) is 30.5 Å². The molecule has 33 heavy (non-hydrogen) atoms. The van der Waals surface area contributed by atoms with Gasteiger partial charge in [0, 0.05) is 19.2 Å². The third kappa shape index (κ3) is 5.93. The first kappa shape index (κ1) is 24.8. The van der Waals surface area contributed by atoms with Crippen molar-refractivity contribution < 1.29 is 37.0 Å². The van der Waals surface area contributed by atoms with Crippen molar-refractivity contribution in [2.24, 2.45) is 0 Å². The standard InChI is InChI=1S/C21H23ClN2O8S/c1-29-14-3-5-16(21(26)30-2)19(11-14)32-13-20(25)23-18-12-15(4-6-17(18)22)33(27,28)24-7-9-31-10-8-24/h3-6,11-12H,7-10,13H2,1-2H3,(H,23,25). The summed E-state index contributed by atoms with van der Waals surface area (Å²) in [7, 11) is -1.10. The lowest BCUT2D eigenvalue weighted by molar-refractivity contribution is -0.118. The van der Waals surface area contributed by atoms with E-state index in [1.165, 1.54) is 48.9 Å². The van der Waals surface area contributed by atoms with Gasteiger partial charge in [-0.25, -0.2) is 13.2 Å². The molecule has 1 amide bonds.